The Kier molecular flexibility index (Phi) is 6.43. The first kappa shape index (κ1) is 19.6. The van der Waals surface area contributed by atoms with Gasteiger partial charge in [-0.2, -0.15) is 5.26 Å². The molecule has 0 radical (unpaired) electrons. The molecule has 0 aliphatic heterocycles. The van der Waals surface area contributed by atoms with Crippen LogP contribution in [0.2, 0.25) is 5.02 Å². The van der Waals surface area contributed by atoms with Crippen LogP contribution in [-0.2, 0) is 11.2 Å². The van der Waals surface area contributed by atoms with Gasteiger partial charge in [0, 0.05) is 22.5 Å². The molecule has 5 nitrogen and oxygen atoms in total. The van der Waals surface area contributed by atoms with Crippen LogP contribution in [0.5, 0.6) is 5.75 Å². The minimum Gasteiger partial charge on any atom is -0.497 e. The number of benzene rings is 2. The number of rotatable bonds is 6. The number of nitriles is 1. The number of aromatic nitrogens is 1. The predicted octanol–water partition coefficient (Wildman–Crippen LogP) is 4.94. The number of anilines is 1. The summed E-state index contributed by atoms with van der Waals surface area (Å²) in [5.74, 6) is 0.206. The Hall–Kier alpha value is -3.14. The number of nitrogens with one attached hydrogen (secondary N) is 1. The monoisotopic (exact) mass is 409 g/mol. The Morgan fingerprint density at radius 2 is 2.11 bits per heavy atom. The molecule has 3 rings (SSSR count). The summed E-state index contributed by atoms with van der Waals surface area (Å²) in [6, 6.07) is 16.6. The van der Waals surface area contributed by atoms with E-state index in [0.717, 1.165) is 16.0 Å². The SMILES string of the molecule is COc1ccc(C=C(C#N)C(=O)Nc2ncc(Cc3cccc(Cl)c3)s2)cc1. The average Bonchev–Trinajstić information content (AvgIpc) is 3.13. The standard InChI is InChI=1S/C21H16ClN3O2S/c1-27-18-7-5-14(6-8-18)9-16(12-23)20(26)25-21-24-13-19(28-21)11-15-3-2-4-17(22)10-15/h2-10,13H,11H2,1H3,(H,24,25,26). The first-order valence-electron chi connectivity index (χ1n) is 8.34. The molecular weight excluding hydrogens is 394 g/mol. The lowest BCUT2D eigenvalue weighted by molar-refractivity contribution is -0.112. The molecule has 0 saturated heterocycles. The van der Waals surface area contributed by atoms with Gasteiger partial charge in [0.15, 0.2) is 5.13 Å². The van der Waals surface area contributed by atoms with Crippen molar-refractivity contribution in [1.82, 2.24) is 4.98 Å². The van der Waals surface area contributed by atoms with Gasteiger partial charge in [0.2, 0.25) is 0 Å². The summed E-state index contributed by atoms with van der Waals surface area (Å²) in [5, 5.41) is 13.1. The van der Waals surface area contributed by atoms with Crippen LogP contribution in [0.3, 0.4) is 0 Å². The van der Waals surface area contributed by atoms with E-state index in [4.69, 9.17) is 16.3 Å². The number of thiazole rings is 1. The van der Waals surface area contributed by atoms with Crippen molar-refractivity contribution in [2.75, 3.05) is 12.4 Å². The third-order valence-corrected chi connectivity index (χ3v) is 4.98. The first-order chi connectivity index (χ1) is 13.6. The number of methoxy groups -OCH3 is 1. The lowest BCUT2D eigenvalue weighted by Gasteiger charge is -2.02. The number of hydrogen-bond donors (Lipinski definition) is 1. The van der Waals surface area contributed by atoms with E-state index in [1.807, 2.05) is 30.3 Å². The Labute approximate surface area is 171 Å². The van der Waals surface area contributed by atoms with Crippen LogP contribution < -0.4 is 10.1 Å². The average molecular weight is 410 g/mol. The maximum atomic E-state index is 12.4. The highest BCUT2D eigenvalue weighted by atomic mass is 35.5. The topological polar surface area (TPSA) is 75.0 Å². The van der Waals surface area contributed by atoms with Crippen molar-refractivity contribution < 1.29 is 9.53 Å². The zero-order chi connectivity index (χ0) is 19.9. The zero-order valence-corrected chi connectivity index (χ0v) is 16.6. The molecule has 0 aliphatic rings. The molecule has 0 atom stereocenters. The minimum absolute atomic E-state index is 0.00300. The lowest BCUT2D eigenvalue weighted by Crippen LogP contribution is -2.13. The maximum absolute atomic E-state index is 12.4. The highest BCUT2D eigenvalue weighted by Crippen LogP contribution is 2.23. The van der Waals surface area contributed by atoms with Crippen LogP contribution in [0.1, 0.15) is 16.0 Å². The summed E-state index contributed by atoms with van der Waals surface area (Å²) >= 11 is 7.37. The van der Waals surface area contributed by atoms with Crippen molar-refractivity contribution in [2.24, 2.45) is 0 Å². The van der Waals surface area contributed by atoms with Crippen LogP contribution in [0.4, 0.5) is 5.13 Å². The van der Waals surface area contributed by atoms with Crippen LogP contribution in [0.15, 0.2) is 60.3 Å². The molecule has 2 aromatic carbocycles. The van der Waals surface area contributed by atoms with Gasteiger partial charge >= 0.3 is 0 Å². The van der Waals surface area contributed by atoms with E-state index in [-0.39, 0.29) is 5.57 Å². The summed E-state index contributed by atoms with van der Waals surface area (Å²) < 4.78 is 5.10. The van der Waals surface area contributed by atoms with E-state index in [1.165, 1.54) is 17.4 Å². The van der Waals surface area contributed by atoms with Crippen molar-refractivity contribution >= 4 is 40.1 Å². The molecule has 1 heterocycles. The molecule has 1 aromatic heterocycles. The first-order valence-corrected chi connectivity index (χ1v) is 9.53. The smallest absolute Gasteiger partial charge is 0.268 e. The molecule has 0 bridgehead atoms. The second-order valence-electron chi connectivity index (χ2n) is 5.84. The predicted molar refractivity (Wildman–Crippen MR) is 112 cm³/mol. The van der Waals surface area contributed by atoms with Gasteiger partial charge < -0.3 is 4.74 Å². The van der Waals surface area contributed by atoms with Crippen LogP contribution in [0, 0.1) is 11.3 Å². The zero-order valence-electron chi connectivity index (χ0n) is 15.0. The van der Waals surface area contributed by atoms with Gasteiger partial charge in [-0.1, -0.05) is 35.9 Å². The second kappa shape index (κ2) is 9.18. The van der Waals surface area contributed by atoms with Crippen molar-refractivity contribution in [1.29, 1.82) is 5.26 Å². The molecule has 0 saturated carbocycles. The van der Waals surface area contributed by atoms with Gasteiger partial charge in [-0.15, -0.1) is 11.3 Å². The molecule has 7 heteroatoms. The van der Waals surface area contributed by atoms with Crippen LogP contribution in [-0.4, -0.2) is 18.0 Å². The molecule has 1 amide bonds. The molecule has 3 aromatic rings. The van der Waals surface area contributed by atoms with Crippen molar-refractivity contribution in [2.45, 2.75) is 6.42 Å². The number of nitrogens with zero attached hydrogens (tertiary/aromatic N) is 2. The van der Waals surface area contributed by atoms with E-state index in [0.29, 0.717) is 22.3 Å². The molecule has 0 fully saturated rings. The Morgan fingerprint density at radius 1 is 1.32 bits per heavy atom. The summed E-state index contributed by atoms with van der Waals surface area (Å²) in [5.41, 5.74) is 1.79. The highest BCUT2D eigenvalue weighted by Gasteiger charge is 2.12. The fourth-order valence-corrected chi connectivity index (χ4v) is 3.53. The summed E-state index contributed by atoms with van der Waals surface area (Å²) in [4.78, 5) is 17.6. The van der Waals surface area contributed by atoms with E-state index in [1.54, 1.807) is 37.6 Å². The fourth-order valence-electron chi connectivity index (χ4n) is 2.47. The van der Waals surface area contributed by atoms with Crippen molar-refractivity contribution in [3.63, 3.8) is 0 Å². The van der Waals surface area contributed by atoms with Gasteiger partial charge in [0.05, 0.1) is 7.11 Å². The van der Waals surface area contributed by atoms with E-state index in [9.17, 15) is 10.1 Å². The molecule has 0 spiro atoms. The van der Waals surface area contributed by atoms with Gasteiger partial charge in [-0.25, -0.2) is 4.98 Å². The Balaban J connectivity index is 1.68. The third-order valence-electron chi connectivity index (χ3n) is 3.83. The summed E-state index contributed by atoms with van der Waals surface area (Å²) in [6.45, 7) is 0. The quantitative estimate of drug-likeness (QED) is 0.462. The Morgan fingerprint density at radius 3 is 2.79 bits per heavy atom. The van der Waals surface area contributed by atoms with Crippen LogP contribution >= 0.6 is 22.9 Å². The number of hydrogen-bond acceptors (Lipinski definition) is 5. The normalized spacial score (nSPS) is 11.0. The van der Waals surface area contributed by atoms with Crippen LogP contribution in [0.25, 0.3) is 6.08 Å². The molecule has 0 aliphatic carbocycles. The minimum atomic E-state index is -0.498. The molecule has 140 valence electrons. The number of amides is 1. The van der Waals surface area contributed by atoms with Gasteiger partial charge in [0.1, 0.15) is 17.4 Å². The molecule has 0 unspecified atom stereocenters. The largest absolute Gasteiger partial charge is 0.497 e. The maximum Gasteiger partial charge on any atom is 0.268 e. The van der Waals surface area contributed by atoms with E-state index in [2.05, 4.69) is 10.3 Å². The summed E-state index contributed by atoms with van der Waals surface area (Å²) in [7, 11) is 1.58. The van der Waals surface area contributed by atoms with Gasteiger partial charge in [-0.3, -0.25) is 10.1 Å². The number of ether oxygens (including phenoxy) is 1. The van der Waals surface area contributed by atoms with E-state index < -0.39 is 5.91 Å². The van der Waals surface area contributed by atoms with Crippen molar-refractivity contribution in [3.05, 3.63) is 81.3 Å². The number of carbonyl (C=O) groups excluding carboxylic acids is 1. The third kappa shape index (κ3) is 5.19. The molecule has 1 N–H and O–H groups in total. The highest BCUT2D eigenvalue weighted by molar-refractivity contribution is 7.15. The Bertz CT molecular complexity index is 1050. The molecule has 28 heavy (non-hydrogen) atoms. The lowest BCUT2D eigenvalue weighted by atomic mass is 10.1. The van der Waals surface area contributed by atoms with Gasteiger partial charge in [0.25, 0.3) is 5.91 Å². The molecular formula is C21H16ClN3O2S. The number of carbonyl (C=O) groups is 1. The number of halogens is 1. The van der Waals surface area contributed by atoms with Gasteiger partial charge in [-0.05, 0) is 41.5 Å². The second-order valence-corrected chi connectivity index (χ2v) is 7.39. The summed E-state index contributed by atoms with van der Waals surface area (Å²) in [6.07, 6.45) is 3.90. The van der Waals surface area contributed by atoms with E-state index >= 15 is 0 Å². The fraction of sp³-hybridized carbons (Fsp3) is 0.0952. The van der Waals surface area contributed by atoms with Crippen molar-refractivity contribution in [3.8, 4) is 11.8 Å².